The first kappa shape index (κ1) is 14.2. The van der Waals surface area contributed by atoms with Crippen molar-refractivity contribution in [3.05, 3.63) is 29.3 Å². The minimum Gasteiger partial charge on any atom is -0.508 e. The second-order valence-corrected chi connectivity index (χ2v) is 4.83. The zero-order chi connectivity index (χ0) is 14.5. The summed E-state index contributed by atoms with van der Waals surface area (Å²) in [6, 6.07) is 4.90. The summed E-state index contributed by atoms with van der Waals surface area (Å²) in [5.74, 6) is -0.596. The molecule has 2 rings (SSSR count). The molecule has 0 saturated carbocycles. The summed E-state index contributed by atoms with van der Waals surface area (Å²) in [5.41, 5.74) is 1.84. The quantitative estimate of drug-likeness (QED) is 0.614. The van der Waals surface area contributed by atoms with Crippen molar-refractivity contribution in [1.82, 2.24) is 10.6 Å². The Hall–Kier alpha value is -2.24. The van der Waals surface area contributed by atoms with Gasteiger partial charge in [-0.3, -0.25) is 4.79 Å². The van der Waals surface area contributed by atoms with E-state index in [-0.39, 0.29) is 24.2 Å². The van der Waals surface area contributed by atoms with Crippen molar-refractivity contribution >= 4 is 12.0 Å². The van der Waals surface area contributed by atoms with Gasteiger partial charge in [-0.05, 0) is 36.5 Å². The lowest BCUT2D eigenvalue weighted by atomic mass is 10.1. The average molecular weight is 278 g/mol. The number of carboxylic acid groups (broad SMARTS) is 1. The summed E-state index contributed by atoms with van der Waals surface area (Å²) in [7, 11) is 0. The number of nitrogens with one attached hydrogen (secondary N) is 2. The van der Waals surface area contributed by atoms with Crippen molar-refractivity contribution in [1.29, 1.82) is 0 Å². The van der Waals surface area contributed by atoms with E-state index in [0.29, 0.717) is 13.0 Å². The Kier molecular flexibility index (Phi) is 4.45. The third-order valence-electron chi connectivity index (χ3n) is 3.40. The van der Waals surface area contributed by atoms with Crippen LogP contribution in [0.4, 0.5) is 4.79 Å². The van der Waals surface area contributed by atoms with Crippen LogP contribution >= 0.6 is 0 Å². The van der Waals surface area contributed by atoms with E-state index in [1.54, 1.807) is 12.1 Å². The van der Waals surface area contributed by atoms with Crippen LogP contribution in [0.3, 0.4) is 0 Å². The highest BCUT2D eigenvalue weighted by molar-refractivity contribution is 5.75. The minimum absolute atomic E-state index is 0.0421. The molecule has 108 valence electrons. The van der Waals surface area contributed by atoms with Gasteiger partial charge in [-0.2, -0.15) is 0 Å². The molecule has 1 aromatic carbocycles. The molecule has 1 unspecified atom stereocenters. The number of phenolic OH excluding ortho intramolecular Hbond substituents is 1. The summed E-state index contributed by atoms with van der Waals surface area (Å²) in [6.45, 7) is 0.331. The smallest absolute Gasteiger partial charge is 0.315 e. The average Bonchev–Trinajstić information content (AvgIpc) is 2.79. The first-order valence-electron chi connectivity index (χ1n) is 6.65. The molecular formula is C14H18N2O4. The van der Waals surface area contributed by atoms with Crippen LogP contribution in [0.1, 0.15) is 36.4 Å². The fraction of sp³-hybridized carbons (Fsp3) is 0.429. The number of benzene rings is 1. The van der Waals surface area contributed by atoms with Crippen LogP contribution in [0.5, 0.6) is 5.75 Å². The second-order valence-electron chi connectivity index (χ2n) is 4.83. The number of urea groups is 1. The molecule has 20 heavy (non-hydrogen) atoms. The molecule has 1 aromatic rings. The minimum atomic E-state index is -0.868. The fourth-order valence-corrected chi connectivity index (χ4v) is 2.44. The molecule has 0 heterocycles. The lowest BCUT2D eigenvalue weighted by Gasteiger charge is -2.15. The van der Waals surface area contributed by atoms with E-state index in [1.807, 2.05) is 6.07 Å². The summed E-state index contributed by atoms with van der Waals surface area (Å²) in [5, 5.41) is 23.7. The predicted octanol–water partition coefficient (Wildman–Crippen LogP) is 1.54. The SMILES string of the molecule is O=C(O)CCCNC(=O)NC1CCc2c(O)cccc21. The third kappa shape index (κ3) is 3.40. The van der Waals surface area contributed by atoms with Crippen molar-refractivity contribution in [2.24, 2.45) is 0 Å². The summed E-state index contributed by atoms with van der Waals surface area (Å²) in [4.78, 5) is 22.0. The third-order valence-corrected chi connectivity index (χ3v) is 3.40. The maximum atomic E-state index is 11.7. The van der Waals surface area contributed by atoms with Gasteiger partial charge in [0.1, 0.15) is 5.75 Å². The summed E-state index contributed by atoms with van der Waals surface area (Å²) in [6.07, 6.45) is 1.95. The maximum absolute atomic E-state index is 11.7. The van der Waals surface area contributed by atoms with Crippen molar-refractivity contribution in [3.8, 4) is 5.75 Å². The van der Waals surface area contributed by atoms with Gasteiger partial charge in [0, 0.05) is 13.0 Å². The van der Waals surface area contributed by atoms with Crippen LogP contribution in [0.25, 0.3) is 0 Å². The number of rotatable bonds is 5. The first-order chi connectivity index (χ1) is 9.58. The molecule has 0 saturated heterocycles. The lowest BCUT2D eigenvalue weighted by Crippen LogP contribution is -2.37. The Bertz CT molecular complexity index is 516. The fourth-order valence-electron chi connectivity index (χ4n) is 2.44. The van der Waals surface area contributed by atoms with E-state index in [4.69, 9.17) is 5.11 Å². The Labute approximate surface area is 116 Å². The van der Waals surface area contributed by atoms with Gasteiger partial charge in [0.05, 0.1) is 6.04 Å². The first-order valence-corrected chi connectivity index (χ1v) is 6.65. The van der Waals surface area contributed by atoms with Crippen LogP contribution in [-0.4, -0.2) is 28.8 Å². The molecular weight excluding hydrogens is 260 g/mol. The van der Waals surface area contributed by atoms with Crippen molar-refractivity contribution in [2.45, 2.75) is 31.7 Å². The van der Waals surface area contributed by atoms with Crippen molar-refractivity contribution in [3.63, 3.8) is 0 Å². The molecule has 0 aliphatic heterocycles. The number of hydrogen-bond donors (Lipinski definition) is 4. The highest BCUT2D eigenvalue weighted by Crippen LogP contribution is 2.36. The van der Waals surface area contributed by atoms with Gasteiger partial charge in [0.2, 0.25) is 0 Å². The van der Waals surface area contributed by atoms with Crippen LogP contribution in [0.15, 0.2) is 18.2 Å². The monoisotopic (exact) mass is 278 g/mol. The van der Waals surface area contributed by atoms with Gasteiger partial charge in [-0.25, -0.2) is 4.79 Å². The van der Waals surface area contributed by atoms with Gasteiger partial charge in [0.25, 0.3) is 0 Å². The normalized spacial score (nSPS) is 16.5. The number of amides is 2. The van der Waals surface area contributed by atoms with Gasteiger partial charge < -0.3 is 20.8 Å². The molecule has 1 aliphatic rings. The Balaban J connectivity index is 1.82. The van der Waals surface area contributed by atoms with Crippen molar-refractivity contribution < 1.29 is 19.8 Å². The molecule has 0 bridgehead atoms. The number of hydrogen-bond acceptors (Lipinski definition) is 3. The van der Waals surface area contributed by atoms with E-state index in [2.05, 4.69) is 10.6 Å². The molecule has 1 atom stereocenters. The predicted molar refractivity (Wildman–Crippen MR) is 72.6 cm³/mol. The van der Waals surface area contributed by atoms with Gasteiger partial charge in [0.15, 0.2) is 0 Å². The molecule has 6 heteroatoms. The Morgan fingerprint density at radius 1 is 1.35 bits per heavy atom. The number of carboxylic acids is 1. The van der Waals surface area contributed by atoms with Crippen molar-refractivity contribution in [2.75, 3.05) is 6.54 Å². The summed E-state index contributed by atoms with van der Waals surface area (Å²) >= 11 is 0. The highest BCUT2D eigenvalue weighted by Gasteiger charge is 2.25. The molecule has 0 aromatic heterocycles. The van der Waals surface area contributed by atoms with Crippen LogP contribution in [-0.2, 0) is 11.2 Å². The van der Waals surface area contributed by atoms with E-state index in [1.165, 1.54) is 0 Å². The van der Waals surface area contributed by atoms with E-state index in [0.717, 1.165) is 24.0 Å². The van der Waals surface area contributed by atoms with E-state index < -0.39 is 5.97 Å². The number of fused-ring (bicyclic) bond motifs is 1. The molecule has 6 nitrogen and oxygen atoms in total. The van der Waals surface area contributed by atoms with E-state index in [9.17, 15) is 14.7 Å². The van der Waals surface area contributed by atoms with Crippen LogP contribution < -0.4 is 10.6 Å². The number of phenols is 1. The molecule has 1 aliphatic carbocycles. The molecule has 2 amide bonds. The second kappa shape index (κ2) is 6.27. The van der Waals surface area contributed by atoms with Crippen LogP contribution in [0.2, 0.25) is 0 Å². The maximum Gasteiger partial charge on any atom is 0.315 e. The molecule has 0 fully saturated rings. The topological polar surface area (TPSA) is 98.7 Å². The number of aliphatic carboxylic acids is 1. The zero-order valence-corrected chi connectivity index (χ0v) is 11.1. The Morgan fingerprint density at radius 2 is 2.15 bits per heavy atom. The number of aromatic hydroxyl groups is 1. The lowest BCUT2D eigenvalue weighted by molar-refractivity contribution is -0.137. The number of carbonyl (C=O) groups excluding carboxylic acids is 1. The number of carbonyl (C=O) groups is 2. The standard InChI is InChI=1S/C14H18N2O4/c17-12-4-1-3-9-10(12)6-7-11(9)16-14(20)15-8-2-5-13(18)19/h1,3-4,11,17H,2,5-8H2,(H,18,19)(H2,15,16,20). The summed E-state index contributed by atoms with van der Waals surface area (Å²) < 4.78 is 0. The highest BCUT2D eigenvalue weighted by atomic mass is 16.4. The van der Waals surface area contributed by atoms with Gasteiger partial charge in [-0.15, -0.1) is 0 Å². The zero-order valence-electron chi connectivity index (χ0n) is 11.1. The van der Waals surface area contributed by atoms with Gasteiger partial charge in [-0.1, -0.05) is 12.1 Å². The van der Waals surface area contributed by atoms with Crippen LogP contribution in [0, 0.1) is 0 Å². The molecule has 4 N–H and O–H groups in total. The Morgan fingerprint density at radius 3 is 2.90 bits per heavy atom. The van der Waals surface area contributed by atoms with Gasteiger partial charge >= 0.3 is 12.0 Å². The largest absolute Gasteiger partial charge is 0.508 e. The van der Waals surface area contributed by atoms with E-state index >= 15 is 0 Å². The molecule has 0 radical (unpaired) electrons. The molecule has 0 spiro atoms.